The maximum Gasteiger partial charge on any atom is 0.133 e. The van der Waals surface area contributed by atoms with Crippen LogP contribution in [0.25, 0.3) is 0 Å². The van der Waals surface area contributed by atoms with Gasteiger partial charge in [-0.05, 0) is 18.3 Å². The highest BCUT2D eigenvalue weighted by atomic mass is 16.1. The summed E-state index contributed by atoms with van der Waals surface area (Å²) >= 11 is 0. The number of ketones is 1. The van der Waals surface area contributed by atoms with E-state index in [0.29, 0.717) is 5.78 Å². The number of hydrogen-bond acceptors (Lipinski definition) is 1. The van der Waals surface area contributed by atoms with E-state index >= 15 is 0 Å². The minimum Gasteiger partial charge on any atom is -0.300 e. The minimum atomic E-state index is 0.488. The van der Waals surface area contributed by atoms with Crippen LogP contribution in [0.5, 0.6) is 0 Å². The van der Waals surface area contributed by atoms with E-state index in [2.05, 4.69) is 13.8 Å². The fraction of sp³-hybridized carbons (Fsp3) is 0.900. The molecule has 0 radical (unpaired) electrons. The molecule has 1 atom stereocenters. The number of Topliss-reactive ketones (excluding diaryl/α,β-unsaturated/α-hetero) is 1. The van der Waals surface area contributed by atoms with E-state index < -0.39 is 0 Å². The fourth-order valence-corrected chi connectivity index (χ4v) is 2.20. The number of carbonyl (C=O) groups excluding carboxylic acids is 1. The van der Waals surface area contributed by atoms with E-state index in [4.69, 9.17) is 0 Å². The minimum absolute atomic E-state index is 0.488. The molecule has 1 aliphatic carbocycles. The average Bonchev–Trinajstić information content (AvgIpc) is 2.39. The van der Waals surface area contributed by atoms with Crippen molar-refractivity contribution < 1.29 is 4.79 Å². The first-order valence-corrected chi connectivity index (χ1v) is 4.79. The third-order valence-electron chi connectivity index (χ3n) is 3.00. The second-order valence-corrected chi connectivity index (χ2v) is 3.62. The van der Waals surface area contributed by atoms with Gasteiger partial charge in [-0.15, -0.1) is 0 Å². The van der Waals surface area contributed by atoms with Gasteiger partial charge in [0, 0.05) is 12.8 Å². The molecule has 0 aromatic rings. The van der Waals surface area contributed by atoms with Crippen LogP contribution in [0.15, 0.2) is 0 Å². The van der Waals surface area contributed by atoms with Crippen LogP contribution in [-0.2, 0) is 4.79 Å². The number of carbonyl (C=O) groups is 1. The molecule has 1 fully saturated rings. The molecule has 0 aromatic carbocycles. The predicted molar refractivity (Wildman–Crippen MR) is 46.4 cm³/mol. The topological polar surface area (TPSA) is 17.1 Å². The summed E-state index contributed by atoms with van der Waals surface area (Å²) in [5.41, 5.74) is 0. The van der Waals surface area contributed by atoms with Gasteiger partial charge in [-0.2, -0.15) is 0 Å². The lowest BCUT2D eigenvalue weighted by Crippen LogP contribution is -2.09. The normalized spacial score (nSPS) is 25.0. The molecule has 64 valence electrons. The molecular weight excluding hydrogens is 136 g/mol. The summed E-state index contributed by atoms with van der Waals surface area (Å²) in [5.74, 6) is 2.01. The molecule has 1 nitrogen and oxygen atoms in total. The number of rotatable bonds is 3. The van der Waals surface area contributed by atoms with Gasteiger partial charge in [-0.25, -0.2) is 0 Å². The molecule has 0 heterocycles. The van der Waals surface area contributed by atoms with E-state index in [0.717, 1.165) is 31.1 Å². The van der Waals surface area contributed by atoms with Gasteiger partial charge in [-0.1, -0.05) is 26.7 Å². The Morgan fingerprint density at radius 1 is 1.45 bits per heavy atom. The zero-order valence-electron chi connectivity index (χ0n) is 7.60. The standard InChI is InChI=1S/C10H18O/c1-3-8(4-2)9-5-6-10(11)7-9/h8-9H,3-7H2,1-2H3. The molecule has 0 bridgehead atoms. The zero-order valence-corrected chi connectivity index (χ0v) is 7.60. The first kappa shape index (κ1) is 8.76. The van der Waals surface area contributed by atoms with Crippen molar-refractivity contribution in [3.8, 4) is 0 Å². The highest BCUT2D eigenvalue weighted by Gasteiger charge is 2.26. The van der Waals surface area contributed by atoms with Gasteiger partial charge in [0.2, 0.25) is 0 Å². The monoisotopic (exact) mass is 154 g/mol. The lowest BCUT2D eigenvalue weighted by atomic mass is 9.87. The van der Waals surface area contributed by atoms with E-state index in [1.54, 1.807) is 0 Å². The van der Waals surface area contributed by atoms with Gasteiger partial charge < -0.3 is 0 Å². The molecule has 1 aliphatic rings. The highest BCUT2D eigenvalue weighted by molar-refractivity contribution is 5.80. The molecule has 0 saturated heterocycles. The first-order valence-electron chi connectivity index (χ1n) is 4.79. The Hall–Kier alpha value is -0.330. The Bertz CT molecular complexity index is 136. The molecule has 1 heteroatoms. The Labute approximate surface area is 69.2 Å². The third kappa shape index (κ3) is 2.05. The van der Waals surface area contributed by atoms with Crippen molar-refractivity contribution in [2.75, 3.05) is 0 Å². The Kier molecular flexibility index (Phi) is 3.10. The Morgan fingerprint density at radius 3 is 2.45 bits per heavy atom. The van der Waals surface area contributed by atoms with Crippen molar-refractivity contribution in [1.29, 1.82) is 0 Å². The molecule has 1 rings (SSSR count). The highest BCUT2D eigenvalue weighted by Crippen LogP contribution is 2.32. The second kappa shape index (κ2) is 3.89. The summed E-state index contributed by atoms with van der Waals surface area (Å²) in [5, 5.41) is 0. The molecule has 0 amide bonds. The maximum atomic E-state index is 11.0. The van der Waals surface area contributed by atoms with Crippen LogP contribution in [-0.4, -0.2) is 5.78 Å². The molecule has 0 N–H and O–H groups in total. The van der Waals surface area contributed by atoms with E-state index in [9.17, 15) is 4.79 Å². The SMILES string of the molecule is CCC(CC)C1CCC(=O)C1. The molecule has 1 unspecified atom stereocenters. The van der Waals surface area contributed by atoms with Crippen LogP contribution in [0.1, 0.15) is 46.0 Å². The molecule has 0 aliphatic heterocycles. The zero-order chi connectivity index (χ0) is 8.27. The maximum absolute atomic E-state index is 11.0. The Morgan fingerprint density at radius 2 is 2.09 bits per heavy atom. The van der Waals surface area contributed by atoms with Crippen molar-refractivity contribution in [1.82, 2.24) is 0 Å². The second-order valence-electron chi connectivity index (χ2n) is 3.62. The molecular formula is C10H18O. The predicted octanol–water partition coefficient (Wildman–Crippen LogP) is 2.79. The van der Waals surface area contributed by atoms with Crippen molar-refractivity contribution in [2.45, 2.75) is 46.0 Å². The number of hydrogen-bond donors (Lipinski definition) is 0. The van der Waals surface area contributed by atoms with Gasteiger partial charge in [0.1, 0.15) is 5.78 Å². The first-order chi connectivity index (χ1) is 5.27. The van der Waals surface area contributed by atoms with Gasteiger partial charge in [0.25, 0.3) is 0 Å². The summed E-state index contributed by atoms with van der Waals surface area (Å²) in [6.45, 7) is 4.47. The summed E-state index contributed by atoms with van der Waals surface area (Å²) in [7, 11) is 0. The van der Waals surface area contributed by atoms with E-state index in [-0.39, 0.29) is 0 Å². The van der Waals surface area contributed by atoms with E-state index in [1.807, 2.05) is 0 Å². The smallest absolute Gasteiger partial charge is 0.133 e. The molecule has 11 heavy (non-hydrogen) atoms. The lowest BCUT2D eigenvalue weighted by Gasteiger charge is -2.18. The van der Waals surface area contributed by atoms with Crippen LogP contribution in [0.4, 0.5) is 0 Å². The summed E-state index contributed by atoms with van der Waals surface area (Å²) in [6.07, 6.45) is 5.36. The van der Waals surface area contributed by atoms with Crippen molar-refractivity contribution >= 4 is 5.78 Å². The van der Waals surface area contributed by atoms with Crippen molar-refractivity contribution in [3.05, 3.63) is 0 Å². The molecule has 1 saturated carbocycles. The lowest BCUT2D eigenvalue weighted by molar-refractivity contribution is -0.117. The quantitative estimate of drug-likeness (QED) is 0.611. The van der Waals surface area contributed by atoms with Crippen molar-refractivity contribution in [2.24, 2.45) is 11.8 Å². The fourth-order valence-electron chi connectivity index (χ4n) is 2.20. The van der Waals surface area contributed by atoms with Crippen LogP contribution in [0.2, 0.25) is 0 Å². The van der Waals surface area contributed by atoms with Gasteiger partial charge >= 0.3 is 0 Å². The Balaban J connectivity index is 2.40. The summed E-state index contributed by atoms with van der Waals surface area (Å²) in [6, 6.07) is 0. The van der Waals surface area contributed by atoms with E-state index in [1.165, 1.54) is 12.8 Å². The summed E-state index contributed by atoms with van der Waals surface area (Å²) < 4.78 is 0. The van der Waals surface area contributed by atoms with Crippen LogP contribution in [0.3, 0.4) is 0 Å². The summed E-state index contributed by atoms with van der Waals surface area (Å²) in [4.78, 5) is 11.0. The van der Waals surface area contributed by atoms with Crippen LogP contribution in [0, 0.1) is 11.8 Å². The van der Waals surface area contributed by atoms with Gasteiger partial charge in [0.05, 0.1) is 0 Å². The molecule has 0 aromatic heterocycles. The van der Waals surface area contributed by atoms with Crippen LogP contribution >= 0.6 is 0 Å². The van der Waals surface area contributed by atoms with Crippen molar-refractivity contribution in [3.63, 3.8) is 0 Å². The molecule has 0 spiro atoms. The average molecular weight is 154 g/mol. The largest absolute Gasteiger partial charge is 0.300 e. The third-order valence-corrected chi connectivity index (χ3v) is 3.00. The van der Waals surface area contributed by atoms with Gasteiger partial charge in [-0.3, -0.25) is 4.79 Å². The van der Waals surface area contributed by atoms with Gasteiger partial charge in [0.15, 0.2) is 0 Å². The van der Waals surface area contributed by atoms with Crippen LogP contribution < -0.4 is 0 Å².